The Kier molecular flexibility index (Phi) is 7.04. The van der Waals surface area contributed by atoms with Gasteiger partial charge in [-0.25, -0.2) is 0 Å². The second kappa shape index (κ2) is 9.70. The Morgan fingerprint density at radius 3 is 2.52 bits per heavy atom. The van der Waals surface area contributed by atoms with E-state index >= 15 is 0 Å². The van der Waals surface area contributed by atoms with Gasteiger partial charge in [0.05, 0.1) is 12.5 Å². The smallest absolute Gasteiger partial charge is 0.225 e. The first kappa shape index (κ1) is 19.6. The molecule has 4 nitrogen and oxygen atoms in total. The maximum absolute atomic E-state index is 12.8. The number of benzene rings is 1. The minimum atomic E-state index is -0.217. The number of carbonyl (C=O) groups excluding carboxylic acids is 2. The largest absolute Gasteiger partial charge is 0.348 e. The number of carbonyl (C=O) groups is 2. The molecule has 1 saturated heterocycles. The lowest BCUT2D eigenvalue weighted by molar-refractivity contribution is -0.133. The fourth-order valence-corrected chi connectivity index (χ4v) is 4.53. The molecule has 0 aliphatic carbocycles. The van der Waals surface area contributed by atoms with Gasteiger partial charge in [-0.15, -0.1) is 11.3 Å². The molecule has 2 aromatic rings. The zero-order chi connectivity index (χ0) is 19.1. The molecule has 1 aromatic carbocycles. The Morgan fingerprint density at radius 2 is 1.89 bits per heavy atom. The average Bonchev–Trinajstić information content (AvgIpc) is 3.21. The zero-order valence-corrected chi connectivity index (χ0v) is 16.7. The quantitative estimate of drug-likeness (QED) is 0.778. The van der Waals surface area contributed by atoms with Gasteiger partial charge in [-0.1, -0.05) is 36.4 Å². The van der Waals surface area contributed by atoms with E-state index in [0.717, 1.165) is 37.2 Å². The molecular formula is C22H28N2O2S. The van der Waals surface area contributed by atoms with Gasteiger partial charge in [-0.05, 0) is 48.6 Å². The maximum atomic E-state index is 12.8. The normalized spacial score (nSPS) is 16.1. The number of hydrogen-bond donors (Lipinski definition) is 1. The molecule has 1 fully saturated rings. The topological polar surface area (TPSA) is 49.4 Å². The SMILES string of the molecule is CC(=O)NC(CC(=O)N1CCC(CCc2ccccc2)CC1)c1cccs1. The Labute approximate surface area is 165 Å². The van der Waals surface area contributed by atoms with Crippen molar-refractivity contribution in [3.8, 4) is 0 Å². The number of likely N-dealkylation sites (tertiary alicyclic amines) is 1. The van der Waals surface area contributed by atoms with Crippen LogP contribution in [-0.2, 0) is 16.0 Å². The summed E-state index contributed by atoms with van der Waals surface area (Å²) in [6, 6.07) is 14.3. The number of hydrogen-bond acceptors (Lipinski definition) is 3. The first-order valence-electron chi connectivity index (χ1n) is 9.74. The van der Waals surface area contributed by atoms with E-state index in [9.17, 15) is 9.59 Å². The standard InChI is InChI=1S/C22H28N2O2S/c1-17(25)23-20(21-8-5-15-27-21)16-22(26)24-13-11-19(12-14-24)10-9-18-6-3-2-4-7-18/h2-8,15,19-20H,9-14,16H2,1H3,(H,23,25). The molecule has 0 spiro atoms. The number of nitrogens with one attached hydrogen (secondary N) is 1. The summed E-state index contributed by atoms with van der Waals surface area (Å²) in [6.45, 7) is 3.16. The lowest BCUT2D eigenvalue weighted by Crippen LogP contribution is -2.40. The molecule has 1 unspecified atom stereocenters. The summed E-state index contributed by atoms with van der Waals surface area (Å²) < 4.78 is 0. The van der Waals surface area contributed by atoms with Gasteiger partial charge in [-0.2, -0.15) is 0 Å². The van der Waals surface area contributed by atoms with Gasteiger partial charge in [0.15, 0.2) is 0 Å². The van der Waals surface area contributed by atoms with Crippen molar-refractivity contribution in [1.29, 1.82) is 0 Å². The minimum absolute atomic E-state index is 0.0965. The summed E-state index contributed by atoms with van der Waals surface area (Å²) >= 11 is 1.58. The molecule has 1 aliphatic rings. The Bertz CT molecular complexity index is 722. The van der Waals surface area contributed by atoms with E-state index in [2.05, 4.69) is 35.6 Å². The summed E-state index contributed by atoms with van der Waals surface area (Å²) in [5.74, 6) is 0.738. The highest BCUT2D eigenvalue weighted by Gasteiger charge is 2.26. The van der Waals surface area contributed by atoms with E-state index in [-0.39, 0.29) is 17.9 Å². The molecule has 1 atom stereocenters. The van der Waals surface area contributed by atoms with E-state index in [0.29, 0.717) is 12.3 Å². The van der Waals surface area contributed by atoms with E-state index < -0.39 is 0 Å². The van der Waals surface area contributed by atoms with Crippen molar-refractivity contribution in [3.05, 3.63) is 58.3 Å². The molecule has 0 bridgehead atoms. The summed E-state index contributed by atoms with van der Waals surface area (Å²) in [5, 5.41) is 4.90. The number of thiophene rings is 1. The Morgan fingerprint density at radius 1 is 1.15 bits per heavy atom. The second-order valence-electron chi connectivity index (χ2n) is 7.32. The monoisotopic (exact) mass is 384 g/mol. The summed E-state index contributed by atoms with van der Waals surface area (Å²) in [7, 11) is 0. The molecule has 144 valence electrons. The molecule has 3 rings (SSSR count). The molecular weight excluding hydrogens is 356 g/mol. The van der Waals surface area contributed by atoms with Crippen molar-refractivity contribution < 1.29 is 9.59 Å². The van der Waals surface area contributed by atoms with Crippen LogP contribution in [0.3, 0.4) is 0 Å². The number of nitrogens with zero attached hydrogens (tertiary/aromatic N) is 1. The van der Waals surface area contributed by atoms with Crippen LogP contribution in [0.4, 0.5) is 0 Å². The Hall–Kier alpha value is -2.14. The maximum Gasteiger partial charge on any atom is 0.225 e. The predicted molar refractivity (Wildman–Crippen MR) is 110 cm³/mol. The van der Waals surface area contributed by atoms with E-state index in [1.54, 1.807) is 11.3 Å². The zero-order valence-electron chi connectivity index (χ0n) is 15.9. The van der Waals surface area contributed by atoms with E-state index in [4.69, 9.17) is 0 Å². The van der Waals surface area contributed by atoms with Crippen LogP contribution in [0.1, 0.15) is 49.1 Å². The van der Waals surface area contributed by atoms with Gasteiger partial charge in [0.1, 0.15) is 0 Å². The second-order valence-corrected chi connectivity index (χ2v) is 8.30. The van der Waals surface area contributed by atoms with Crippen LogP contribution in [0.25, 0.3) is 0 Å². The van der Waals surface area contributed by atoms with E-state index in [1.165, 1.54) is 18.9 Å². The van der Waals surface area contributed by atoms with Crippen molar-refractivity contribution in [2.75, 3.05) is 13.1 Å². The van der Waals surface area contributed by atoms with Crippen LogP contribution >= 0.6 is 11.3 Å². The van der Waals surface area contributed by atoms with Gasteiger partial charge in [-0.3, -0.25) is 9.59 Å². The van der Waals surface area contributed by atoms with Gasteiger partial charge >= 0.3 is 0 Å². The summed E-state index contributed by atoms with van der Waals surface area (Å²) in [4.78, 5) is 27.3. The Balaban J connectivity index is 1.46. The van der Waals surface area contributed by atoms with Gasteiger partial charge in [0.2, 0.25) is 11.8 Å². The predicted octanol–water partition coefficient (Wildman–Crippen LogP) is 4.19. The molecule has 1 N–H and O–H groups in total. The first-order chi connectivity index (χ1) is 13.1. The lowest BCUT2D eigenvalue weighted by atomic mass is 9.90. The van der Waals surface area contributed by atoms with Crippen LogP contribution in [0.2, 0.25) is 0 Å². The highest BCUT2D eigenvalue weighted by atomic mass is 32.1. The van der Waals surface area contributed by atoms with Crippen molar-refractivity contribution in [2.45, 2.75) is 45.1 Å². The molecule has 0 radical (unpaired) electrons. The fraction of sp³-hybridized carbons (Fsp3) is 0.455. The van der Waals surface area contributed by atoms with Crippen LogP contribution in [0, 0.1) is 5.92 Å². The highest BCUT2D eigenvalue weighted by molar-refractivity contribution is 7.10. The minimum Gasteiger partial charge on any atom is -0.348 e. The van der Waals surface area contributed by atoms with Crippen molar-refractivity contribution >= 4 is 23.2 Å². The van der Waals surface area contributed by atoms with Gasteiger partial charge in [0.25, 0.3) is 0 Å². The third kappa shape index (κ3) is 5.93. The van der Waals surface area contributed by atoms with Gasteiger partial charge < -0.3 is 10.2 Å². The molecule has 0 saturated carbocycles. The van der Waals surface area contributed by atoms with Crippen LogP contribution in [0.5, 0.6) is 0 Å². The van der Waals surface area contributed by atoms with Crippen LogP contribution in [-0.4, -0.2) is 29.8 Å². The van der Waals surface area contributed by atoms with Gasteiger partial charge in [0, 0.05) is 24.9 Å². The summed E-state index contributed by atoms with van der Waals surface area (Å²) in [6.07, 6.45) is 4.79. The third-order valence-electron chi connectivity index (χ3n) is 5.29. The molecule has 5 heteroatoms. The third-order valence-corrected chi connectivity index (χ3v) is 6.28. The number of rotatable bonds is 7. The van der Waals surface area contributed by atoms with Crippen LogP contribution in [0.15, 0.2) is 47.8 Å². The average molecular weight is 385 g/mol. The number of piperidine rings is 1. The lowest BCUT2D eigenvalue weighted by Gasteiger charge is -2.33. The fourth-order valence-electron chi connectivity index (χ4n) is 3.75. The number of amides is 2. The first-order valence-corrected chi connectivity index (χ1v) is 10.6. The molecule has 2 heterocycles. The molecule has 2 amide bonds. The van der Waals surface area contributed by atoms with Crippen molar-refractivity contribution in [1.82, 2.24) is 10.2 Å². The van der Waals surface area contributed by atoms with Crippen LogP contribution < -0.4 is 5.32 Å². The highest BCUT2D eigenvalue weighted by Crippen LogP contribution is 2.26. The molecule has 1 aliphatic heterocycles. The molecule has 1 aromatic heterocycles. The van der Waals surface area contributed by atoms with E-state index in [1.807, 2.05) is 22.4 Å². The molecule has 27 heavy (non-hydrogen) atoms. The summed E-state index contributed by atoms with van der Waals surface area (Å²) in [5.41, 5.74) is 1.39. The number of aryl methyl sites for hydroxylation is 1. The van der Waals surface area contributed by atoms with Crippen molar-refractivity contribution in [3.63, 3.8) is 0 Å². The van der Waals surface area contributed by atoms with Crippen molar-refractivity contribution in [2.24, 2.45) is 5.92 Å².